The maximum atomic E-state index is 9.00. The Hall–Kier alpha value is -7.24. The van der Waals surface area contributed by atoms with E-state index in [1.807, 2.05) is 66.9 Å². The Kier molecular flexibility index (Phi) is 6.26. The first-order valence-corrected chi connectivity index (χ1v) is 19.0. The maximum Gasteiger partial charge on any atom is 0.269 e. The molecular weight excluding hydrogens is 709 g/mol. The Labute approximate surface area is 352 Å². The SMILES string of the molecule is [2H]c1c([2H])c([2H])c(-c2cccc(-c3c([2H])c([2H])c([2H])c([2H])c3[2H])c2-[n+]2[c-]n(-c3cccc(Oc4ccc5c6cc(C)ccc6n(-c6cc(C(C)(C)C)ccn6)c5c4)c3)c3ccccc32)c([2H])c1[2H]. The molecule has 0 saturated carbocycles. The van der Waals surface area contributed by atoms with E-state index in [9.17, 15) is 0 Å². The van der Waals surface area contributed by atoms with Crippen LogP contribution in [0.1, 0.15) is 45.6 Å². The van der Waals surface area contributed by atoms with Gasteiger partial charge < -0.3 is 4.74 Å². The van der Waals surface area contributed by atoms with Gasteiger partial charge in [0.05, 0.1) is 47.1 Å². The van der Waals surface area contributed by atoms with Gasteiger partial charge in [0.15, 0.2) is 0 Å². The minimum absolute atomic E-state index is 0.0889. The van der Waals surface area contributed by atoms with Gasteiger partial charge in [0.1, 0.15) is 17.3 Å². The minimum Gasteiger partial charge on any atom is -0.458 e. The molecule has 10 aromatic rings. The average molecular weight is 761 g/mol. The van der Waals surface area contributed by atoms with E-state index in [2.05, 4.69) is 75.0 Å². The minimum atomic E-state index is -0.565. The van der Waals surface area contributed by atoms with Gasteiger partial charge in [-0.05, 0) is 94.8 Å². The van der Waals surface area contributed by atoms with E-state index in [-0.39, 0.29) is 33.4 Å². The smallest absolute Gasteiger partial charge is 0.269 e. The predicted octanol–water partition coefficient (Wildman–Crippen LogP) is 12.9. The number of pyridine rings is 1. The molecule has 280 valence electrons. The predicted molar refractivity (Wildman–Crippen MR) is 237 cm³/mol. The first kappa shape index (κ1) is 25.8. The largest absolute Gasteiger partial charge is 0.458 e. The first-order chi connectivity index (χ1) is 32.4. The Balaban J connectivity index is 1.15. The van der Waals surface area contributed by atoms with Crippen LogP contribution in [0.25, 0.3) is 72.3 Å². The summed E-state index contributed by atoms with van der Waals surface area (Å²) in [7, 11) is 0. The third-order valence-electron chi connectivity index (χ3n) is 10.4. The highest BCUT2D eigenvalue weighted by Gasteiger charge is 2.21. The lowest BCUT2D eigenvalue weighted by Crippen LogP contribution is -2.31. The molecule has 0 aliphatic carbocycles. The molecule has 0 amide bonds. The molecule has 0 bridgehead atoms. The summed E-state index contributed by atoms with van der Waals surface area (Å²) in [5, 5.41) is 2.15. The summed E-state index contributed by atoms with van der Waals surface area (Å²) >= 11 is 0. The molecule has 5 nitrogen and oxygen atoms in total. The number of rotatable bonds is 7. The molecule has 58 heavy (non-hydrogen) atoms. The summed E-state index contributed by atoms with van der Waals surface area (Å²) < 4.78 is 99.1. The molecule has 3 heterocycles. The number of para-hydroxylation sites is 3. The van der Waals surface area contributed by atoms with Gasteiger partial charge in [-0.2, -0.15) is 0 Å². The molecule has 0 radical (unpaired) electrons. The molecule has 0 spiro atoms. The summed E-state index contributed by atoms with van der Waals surface area (Å²) in [5.41, 5.74) is 6.27. The molecule has 5 heteroatoms. The number of aryl methyl sites for hydroxylation is 1. The van der Waals surface area contributed by atoms with Gasteiger partial charge in [-0.3, -0.25) is 13.7 Å². The van der Waals surface area contributed by atoms with Crippen LogP contribution in [-0.2, 0) is 5.41 Å². The fourth-order valence-corrected chi connectivity index (χ4v) is 7.63. The maximum absolute atomic E-state index is 9.00. The van der Waals surface area contributed by atoms with E-state index >= 15 is 0 Å². The molecule has 0 aliphatic rings. The van der Waals surface area contributed by atoms with Crippen molar-refractivity contribution in [1.82, 2.24) is 14.1 Å². The second-order valence-corrected chi connectivity index (χ2v) is 15.2. The summed E-state index contributed by atoms with van der Waals surface area (Å²) in [4.78, 5) is 4.84. The molecule has 0 fully saturated rings. The van der Waals surface area contributed by atoms with Gasteiger partial charge in [0.25, 0.3) is 6.33 Å². The lowest BCUT2D eigenvalue weighted by atomic mass is 9.88. The monoisotopic (exact) mass is 760 g/mol. The first-order valence-electron chi connectivity index (χ1n) is 24.0. The van der Waals surface area contributed by atoms with Crippen molar-refractivity contribution in [1.29, 1.82) is 0 Å². The highest BCUT2D eigenvalue weighted by molar-refractivity contribution is 6.09. The number of aromatic nitrogens is 4. The standard InChI is InChI=1S/C53H42N4O/c1-36-25-28-47-46(31-36)45-27-26-42(34-50(45)57(47)51-32-39(29-30-54-51)53(2,3)4)58-41-20-13-19-40(33-41)55-35-56(49-24-12-11-23-48(49)55)52-43(37-15-7-5-8-16-37)21-14-22-44(52)38-17-9-6-10-18-38/h5-34H,1-4H3/i5D,6D,7D,8D,9D,10D,15D,16D,17D,18D. The molecule has 0 N–H and O–H groups in total. The van der Waals surface area contributed by atoms with Crippen molar-refractivity contribution in [2.45, 2.75) is 33.1 Å². The Bertz CT molecular complexity index is 3600. The lowest BCUT2D eigenvalue weighted by Gasteiger charge is -2.20. The Morgan fingerprint density at radius 3 is 2.09 bits per heavy atom. The van der Waals surface area contributed by atoms with Crippen LogP contribution in [0.4, 0.5) is 0 Å². The van der Waals surface area contributed by atoms with E-state index in [0.717, 1.165) is 38.8 Å². The van der Waals surface area contributed by atoms with Gasteiger partial charge in [-0.15, -0.1) is 0 Å². The molecular formula is C53H42N4O. The van der Waals surface area contributed by atoms with Gasteiger partial charge in [-0.1, -0.05) is 141 Å². The van der Waals surface area contributed by atoms with Crippen LogP contribution in [0.3, 0.4) is 0 Å². The second-order valence-electron chi connectivity index (χ2n) is 15.2. The zero-order chi connectivity index (χ0) is 48.1. The van der Waals surface area contributed by atoms with Crippen LogP contribution >= 0.6 is 0 Å². The van der Waals surface area contributed by atoms with Crippen LogP contribution in [-0.4, -0.2) is 14.1 Å². The number of imidazole rings is 1. The van der Waals surface area contributed by atoms with Crippen LogP contribution < -0.4 is 9.30 Å². The summed E-state index contributed by atoms with van der Waals surface area (Å²) in [6, 6.07) is 31.1. The van der Waals surface area contributed by atoms with Gasteiger partial charge in [-0.25, -0.2) is 4.98 Å². The zero-order valence-corrected chi connectivity index (χ0v) is 32.2. The van der Waals surface area contributed by atoms with E-state index in [1.54, 1.807) is 27.3 Å². The third-order valence-corrected chi connectivity index (χ3v) is 10.4. The van der Waals surface area contributed by atoms with E-state index in [1.165, 1.54) is 0 Å². The number of ether oxygens (including phenoxy) is 1. The molecule has 3 aromatic heterocycles. The second kappa shape index (κ2) is 14.1. The number of nitrogens with zero attached hydrogens (tertiary/aromatic N) is 4. The van der Waals surface area contributed by atoms with Crippen LogP contribution in [0.15, 0.2) is 182 Å². The van der Waals surface area contributed by atoms with Crippen molar-refractivity contribution >= 4 is 32.8 Å². The Morgan fingerprint density at radius 2 is 1.34 bits per heavy atom. The van der Waals surface area contributed by atoms with Crippen molar-refractivity contribution in [2.24, 2.45) is 0 Å². The van der Waals surface area contributed by atoms with Crippen molar-refractivity contribution in [2.75, 3.05) is 0 Å². The van der Waals surface area contributed by atoms with Gasteiger partial charge in [0, 0.05) is 23.0 Å². The number of benzene rings is 7. The Morgan fingerprint density at radius 1 is 0.638 bits per heavy atom. The number of hydrogen-bond donors (Lipinski definition) is 0. The van der Waals surface area contributed by atoms with E-state index in [4.69, 9.17) is 23.4 Å². The molecule has 10 rings (SSSR count). The average Bonchev–Trinajstić information content (AvgIpc) is 3.87. The fraction of sp³-hybridized carbons (Fsp3) is 0.0943. The molecule has 7 aromatic carbocycles. The zero-order valence-electron chi connectivity index (χ0n) is 42.2. The van der Waals surface area contributed by atoms with Crippen LogP contribution in [0.2, 0.25) is 0 Å². The van der Waals surface area contributed by atoms with Crippen molar-refractivity contribution in [3.63, 3.8) is 0 Å². The molecule has 0 atom stereocenters. The summed E-state index contributed by atoms with van der Waals surface area (Å²) in [5.74, 6) is 1.91. The van der Waals surface area contributed by atoms with Crippen molar-refractivity contribution in [3.8, 4) is 50.9 Å². The highest BCUT2D eigenvalue weighted by Crippen LogP contribution is 2.38. The van der Waals surface area contributed by atoms with Crippen LogP contribution in [0.5, 0.6) is 11.5 Å². The van der Waals surface area contributed by atoms with Crippen molar-refractivity contribution in [3.05, 3.63) is 199 Å². The number of hydrogen-bond acceptors (Lipinski definition) is 2. The highest BCUT2D eigenvalue weighted by atomic mass is 16.5. The molecule has 0 unspecified atom stereocenters. The topological polar surface area (TPSA) is 35.9 Å². The molecule has 0 saturated heterocycles. The van der Waals surface area contributed by atoms with Gasteiger partial charge in [0.2, 0.25) is 0 Å². The van der Waals surface area contributed by atoms with Crippen molar-refractivity contribution < 1.29 is 23.0 Å². The van der Waals surface area contributed by atoms with Gasteiger partial charge >= 0.3 is 0 Å². The van der Waals surface area contributed by atoms with Crippen LogP contribution in [0, 0.1) is 13.3 Å². The lowest BCUT2D eigenvalue weighted by molar-refractivity contribution is -0.571. The van der Waals surface area contributed by atoms with E-state index < -0.39 is 60.4 Å². The quantitative estimate of drug-likeness (QED) is 0.120. The summed E-state index contributed by atoms with van der Waals surface area (Å²) in [6.45, 7) is 8.62. The number of fused-ring (bicyclic) bond motifs is 4. The normalized spacial score (nSPS) is 14.2. The molecule has 0 aliphatic heterocycles. The third kappa shape index (κ3) is 6.22. The van der Waals surface area contributed by atoms with E-state index in [0.29, 0.717) is 28.2 Å². The fourth-order valence-electron chi connectivity index (χ4n) is 7.63. The summed E-state index contributed by atoms with van der Waals surface area (Å²) in [6.07, 6.45) is 5.29.